The number of carbonyl (C=O) groups excluding carboxylic acids is 1. The zero-order chi connectivity index (χ0) is 28.0. The van der Waals surface area contributed by atoms with Crippen LogP contribution in [0.25, 0.3) is 10.9 Å². The SMILES string of the molecule is CCCNC(=O)Nc1ccc(Oc2ncnc3cc(OCCCN4CCC5(CC4)COC5)c(OC)cc23)cc1Cl. The van der Waals surface area contributed by atoms with E-state index < -0.39 is 0 Å². The summed E-state index contributed by atoms with van der Waals surface area (Å²) in [7, 11) is 1.61. The van der Waals surface area contributed by atoms with E-state index in [0.29, 0.717) is 63.3 Å². The second-order valence-corrected chi connectivity index (χ2v) is 10.8. The summed E-state index contributed by atoms with van der Waals surface area (Å²) in [4.78, 5) is 23.2. The molecule has 2 aliphatic heterocycles. The molecule has 11 heteroatoms. The molecule has 1 aromatic heterocycles. The molecule has 0 radical (unpaired) electrons. The average molecular weight is 570 g/mol. The number of halogens is 1. The van der Waals surface area contributed by atoms with E-state index in [2.05, 4.69) is 25.5 Å². The highest BCUT2D eigenvalue weighted by molar-refractivity contribution is 6.33. The molecule has 2 aromatic carbocycles. The van der Waals surface area contributed by atoms with Crippen molar-refractivity contribution in [3.8, 4) is 23.1 Å². The summed E-state index contributed by atoms with van der Waals surface area (Å²) >= 11 is 6.39. The molecule has 2 saturated heterocycles. The molecule has 0 aliphatic carbocycles. The monoisotopic (exact) mass is 569 g/mol. The van der Waals surface area contributed by atoms with Gasteiger partial charge in [-0.15, -0.1) is 0 Å². The van der Waals surface area contributed by atoms with E-state index in [-0.39, 0.29) is 6.03 Å². The van der Waals surface area contributed by atoms with Crippen LogP contribution >= 0.6 is 11.6 Å². The Morgan fingerprint density at radius 1 is 1.15 bits per heavy atom. The van der Waals surface area contributed by atoms with Crippen molar-refractivity contribution in [2.75, 3.05) is 58.4 Å². The van der Waals surface area contributed by atoms with E-state index in [1.807, 2.05) is 19.1 Å². The predicted molar refractivity (Wildman–Crippen MR) is 154 cm³/mol. The van der Waals surface area contributed by atoms with Crippen LogP contribution in [-0.2, 0) is 4.74 Å². The quantitative estimate of drug-likeness (QED) is 0.292. The van der Waals surface area contributed by atoms with Crippen LogP contribution < -0.4 is 24.8 Å². The van der Waals surface area contributed by atoms with Gasteiger partial charge in [-0.2, -0.15) is 0 Å². The van der Waals surface area contributed by atoms with E-state index in [1.165, 1.54) is 19.2 Å². The molecule has 0 atom stereocenters. The fourth-order valence-electron chi connectivity index (χ4n) is 4.97. The molecule has 214 valence electrons. The summed E-state index contributed by atoms with van der Waals surface area (Å²) in [5.41, 5.74) is 1.60. The molecule has 3 aromatic rings. The second kappa shape index (κ2) is 12.9. The molecule has 3 heterocycles. The van der Waals surface area contributed by atoms with E-state index in [1.54, 1.807) is 25.3 Å². The minimum absolute atomic E-state index is 0.312. The number of methoxy groups -OCH3 is 1. The maximum Gasteiger partial charge on any atom is 0.319 e. The Labute approximate surface area is 239 Å². The smallest absolute Gasteiger partial charge is 0.319 e. The van der Waals surface area contributed by atoms with Gasteiger partial charge < -0.3 is 34.5 Å². The standard InChI is InChI=1S/C29H36ClN5O5/c1-3-9-31-28(36)34-23-6-5-20(14-22(23)30)40-27-21-15-25(37-2)26(16-24(21)32-19-33-27)39-13-4-10-35-11-7-29(8-12-35)17-38-18-29/h5-6,14-16,19H,3-4,7-13,17-18H2,1-2H3,(H2,31,34,36). The fraction of sp³-hybridized carbons (Fsp3) is 0.483. The van der Waals surface area contributed by atoms with Gasteiger partial charge in [0.2, 0.25) is 5.88 Å². The molecule has 2 N–H and O–H groups in total. The number of hydrogen-bond donors (Lipinski definition) is 2. The van der Waals surface area contributed by atoms with E-state index in [9.17, 15) is 4.79 Å². The first-order valence-corrected chi connectivity index (χ1v) is 14.1. The largest absolute Gasteiger partial charge is 0.493 e. The molecule has 1 spiro atoms. The molecular formula is C29H36ClN5O5. The van der Waals surface area contributed by atoms with Crippen LogP contribution in [0.3, 0.4) is 0 Å². The molecule has 40 heavy (non-hydrogen) atoms. The zero-order valence-electron chi connectivity index (χ0n) is 23.0. The first-order chi connectivity index (χ1) is 19.5. The Hall–Kier alpha value is -3.34. The van der Waals surface area contributed by atoms with E-state index in [4.69, 9.17) is 30.5 Å². The van der Waals surface area contributed by atoms with Crippen LogP contribution in [0.5, 0.6) is 23.1 Å². The Balaban J connectivity index is 1.20. The maximum atomic E-state index is 12.0. The summed E-state index contributed by atoms with van der Waals surface area (Å²) in [6, 6.07) is 8.38. The number of likely N-dealkylation sites (tertiary alicyclic amines) is 1. The van der Waals surface area contributed by atoms with Gasteiger partial charge in [-0.1, -0.05) is 18.5 Å². The lowest BCUT2D eigenvalue weighted by Crippen LogP contribution is -2.51. The Bertz CT molecular complexity index is 1330. The number of fused-ring (bicyclic) bond motifs is 1. The van der Waals surface area contributed by atoms with Crippen molar-refractivity contribution in [1.29, 1.82) is 0 Å². The van der Waals surface area contributed by atoms with Crippen LogP contribution in [0.4, 0.5) is 10.5 Å². The highest BCUT2D eigenvalue weighted by Gasteiger charge is 2.40. The number of nitrogens with one attached hydrogen (secondary N) is 2. The molecule has 2 aliphatic rings. The highest BCUT2D eigenvalue weighted by atomic mass is 35.5. The third-order valence-corrected chi connectivity index (χ3v) is 7.75. The summed E-state index contributed by atoms with van der Waals surface area (Å²) in [6.07, 6.45) is 5.66. The number of ether oxygens (including phenoxy) is 4. The molecule has 2 fully saturated rings. The van der Waals surface area contributed by atoms with Gasteiger partial charge in [-0.25, -0.2) is 14.8 Å². The minimum atomic E-state index is -0.312. The Morgan fingerprint density at radius 3 is 2.67 bits per heavy atom. The number of aromatic nitrogens is 2. The van der Waals surface area contributed by atoms with E-state index >= 15 is 0 Å². The van der Waals surface area contributed by atoms with Gasteiger partial charge in [0.05, 0.1) is 48.5 Å². The molecule has 5 rings (SSSR count). The number of piperidine rings is 1. The number of amides is 2. The molecule has 0 saturated carbocycles. The van der Waals surface area contributed by atoms with Crippen molar-refractivity contribution in [3.63, 3.8) is 0 Å². The van der Waals surface area contributed by atoms with Crippen molar-refractivity contribution < 1.29 is 23.7 Å². The van der Waals surface area contributed by atoms with Gasteiger partial charge in [0.25, 0.3) is 0 Å². The zero-order valence-corrected chi connectivity index (χ0v) is 23.8. The number of nitrogens with zero attached hydrogens (tertiary/aromatic N) is 3. The van der Waals surface area contributed by atoms with Crippen LogP contribution in [0, 0.1) is 5.41 Å². The summed E-state index contributed by atoms with van der Waals surface area (Å²) in [5, 5.41) is 6.50. The number of rotatable bonds is 11. The average Bonchev–Trinajstić information content (AvgIpc) is 2.95. The van der Waals surface area contributed by atoms with Crippen molar-refractivity contribution in [1.82, 2.24) is 20.2 Å². The minimum Gasteiger partial charge on any atom is -0.493 e. The van der Waals surface area contributed by atoms with Crippen LogP contribution in [0.1, 0.15) is 32.6 Å². The van der Waals surface area contributed by atoms with Crippen LogP contribution in [-0.4, -0.2) is 74.0 Å². The van der Waals surface area contributed by atoms with Gasteiger partial charge in [-0.05, 0) is 57.0 Å². The van der Waals surface area contributed by atoms with Gasteiger partial charge >= 0.3 is 6.03 Å². The lowest BCUT2D eigenvalue weighted by molar-refractivity contribution is -0.139. The topological polar surface area (TPSA) is 107 Å². The Morgan fingerprint density at radius 2 is 1.98 bits per heavy atom. The third-order valence-electron chi connectivity index (χ3n) is 7.43. The fourth-order valence-corrected chi connectivity index (χ4v) is 5.19. The van der Waals surface area contributed by atoms with Gasteiger partial charge in [0.15, 0.2) is 11.5 Å². The lowest BCUT2D eigenvalue weighted by Gasteiger charge is -2.47. The summed E-state index contributed by atoms with van der Waals surface area (Å²) < 4.78 is 23.2. The van der Waals surface area contributed by atoms with Crippen molar-refractivity contribution in [2.24, 2.45) is 5.41 Å². The number of urea groups is 1. The highest BCUT2D eigenvalue weighted by Crippen LogP contribution is 2.39. The number of anilines is 1. The Kier molecular flexibility index (Phi) is 9.08. The molecule has 10 nitrogen and oxygen atoms in total. The molecule has 2 amide bonds. The van der Waals surface area contributed by atoms with Gasteiger partial charge in [0.1, 0.15) is 12.1 Å². The first kappa shape index (κ1) is 28.2. The summed E-state index contributed by atoms with van der Waals surface area (Å²) in [5.74, 6) is 2.03. The third kappa shape index (κ3) is 6.68. The molecule has 0 unspecified atom stereocenters. The van der Waals surface area contributed by atoms with Crippen molar-refractivity contribution >= 4 is 34.2 Å². The maximum absolute atomic E-state index is 12.0. The van der Waals surface area contributed by atoms with Crippen molar-refractivity contribution in [2.45, 2.75) is 32.6 Å². The predicted octanol–water partition coefficient (Wildman–Crippen LogP) is 5.50. The molecule has 0 bridgehead atoms. The van der Waals surface area contributed by atoms with Crippen LogP contribution in [0.2, 0.25) is 5.02 Å². The molecular weight excluding hydrogens is 534 g/mol. The van der Waals surface area contributed by atoms with Crippen molar-refractivity contribution in [3.05, 3.63) is 41.7 Å². The van der Waals surface area contributed by atoms with Gasteiger partial charge in [0, 0.05) is 30.6 Å². The lowest BCUT2D eigenvalue weighted by atomic mass is 9.77. The van der Waals surface area contributed by atoms with E-state index in [0.717, 1.165) is 45.7 Å². The number of carbonyl (C=O) groups is 1. The second-order valence-electron chi connectivity index (χ2n) is 10.4. The first-order valence-electron chi connectivity index (χ1n) is 13.8. The normalized spacial score (nSPS) is 16.4. The van der Waals surface area contributed by atoms with Crippen LogP contribution in [0.15, 0.2) is 36.7 Å². The number of benzene rings is 2. The summed E-state index contributed by atoms with van der Waals surface area (Å²) in [6.45, 7) is 8.26. The van der Waals surface area contributed by atoms with Gasteiger partial charge in [-0.3, -0.25) is 0 Å². The number of hydrogen-bond acceptors (Lipinski definition) is 8.